The van der Waals surface area contributed by atoms with Crippen LogP contribution in [0.1, 0.15) is 25.1 Å². The second kappa shape index (κ2) is 8.40. The number of hydrogen-bond acceptors (Lipinski definition) is 1. The van der Waals surface area contributed by atoms with E-state index in [-0.39, 0.29) is 17.0 Å². The Morgan fingerprint density at radius 1 is 0.962 bits per heavy atom. The van der Waals surface area contributed by atoms with Gasteiger partial charge in [0.2, 0.25) is 0 Å². The van der Waals surface area contributed by atoms with Gasteiger partial charge in [-0.2, -0.15) is 4.57 Å². The molecule has 2 heterocycles. The van der Waals surface area contributed by atoms with Crippen LogP contribution < -0.4 is 26.3 Å². The Kier molecular flexibility index (Phi) is 6.20. The van der Waals surface area contributed by atoms with Crippen molar-refractivity contribution in [2.24, 2.45) is 0 Å². The number of methoxy groups -OCH3 is 1. The van der Waals surface area contributed by atoms with Crippen LogP contribution in [-0.2, 0) is 13.0 Å². The smallest absolute Gasteiger partial charge is 0.262 e. The van der Waals surface area contributed by atoms with Gasteiger partial charge >= 0.3 is 0 Å². The number of ether oxygens (including phenoxy) is 1. The summed E-state index contributed by atoms with van der Waals surface area (Å²) in [5.74, 6) is 2.29. The van der Waals surface area contributed by atoms with E-state index in [0.29, 0.717) is 0 Å². The molecule has 3 nitrogen and oxygen atoms in total. The number of nitrogens with zero attached hydrogens (tertiary/aromatic N) is 2. The highest BCUT2D eigenvalue weighted by Gasteiger charge is 2.26. The quantitative estimate of drug-likeness (QED) is 0.527. The predicted molar refractivity (Wildman–Crippen MR) is 103 cm³/mol. The van der Waals surface area contributed by atoms with Gasteiger partial charge in [-0.3, -0.25) is 0 Å². The average molecular weight is 478 g/mol. The van der Waals surface area contributed by atoms with Crippen LogP contribution in [0.25, 0.3) is 16.9 Å². The van der Waals surface area contributed by atoms with Crippen molar-refractivity contribution in [1.29, 1.82) is 0 Å². The Morgan fingerprint density at radius 2 is 1.69 bits per heavy atom. The van der Waals surface area contributed by atoms with E-state index < -0.39 is 0 Å². The number of fused-ring (bicyclic) bond motifs is 1. The van der Waals surface area contributed by atoms with Crippen LogP contribution >= 0.6 is 15.9 Å². The van der Waals surface area contributed by atoms with Crippen molar-refractivity contribution in [2.75, 3.05) is 7.11 Å². The molecule has 3 aromatic rings. The maximum absolute atomic E-state index is 5.31. The maximum Gasteiger partial charge on any atom is 0.262 e. The van der Waals surface area contributed by atoms with E-state index in [1.807, 2.05) is 12.1 Å². The van der Waals surface area contributed by atoms with E-state index in [1.54, 1.807) is 7.11 Å². The summed E-state index contributed by atoms with van der Waals surface area (Å²) in [5, 5.41) is 0. The van der Waals surface area contributed by atoms with Gasteiger partial charge in [0, 0.05) is 16.5 Å². The third-order valence-corrected chi connectivity index (χ3v) is 5.43. The zero-order valence-electron chi connectivity index (χ0n) is 14.8. The predicted octanol–water partition coefficient (Wildman–Crippen LogP) is 1.93. The molecule has 1 aromatic heterocycles. The third kappa shape index (κ3) is 3.74. The molecule has 1 aliphatic rings. The maximum atomic E-state index is 5.31. The first-order chi connectivity index (χ1) is 12.3. The molecule has 0 saturated heterocycles. The van der Waals surface area contributed by atoms with Crippen LogP contribution in [0.4, 0.5) is 0 Å². The molecular formula is C21H22Br2N2O. The Balaban J connectivity index is 0.00000196. The topological polar surface area (TPSA) is 18.0 Å². The minimum absolute atomic E-state index is 0. The van der Waals surface area contributed by atoms with Crippen LogP contribution in [0.5, 0.6) is 5.75 Å². The number of halogens is 2. The lowest BCUT2D eigenvalue weighted by Gasteiger charge is -2.04. The number of rotatable bonds is 3. The minimum Gasteiger partial charge on any atom is -1.00 e. The Hall–Kier alpha value is -1.59. The van der Waals surface area contributed by atoms with Crippen molar-refractivity contribution in [1.82, 2.24) is 4.57 Å². The molecule has 0 amide bonds. The molecule has 2 aromatic carbocycles. The van der Waals surface area contributed by atoms with Crippen molar-refractivity contribution in [2.45, 2.75) is 32.2 Å². The number of imidazole rings is 1. The number of benzene rings is 2. The Bertz CT molecular complexity index is 870. The Morgan fingerprint density at radius 3 is 2.38 bits per heavy atom. The molecule has 26 heavy (non-hydrogen) atoms. The largest absolute Gasteiger partial charge is 1.00 e. The second-order valence-corrected chi connectivity index (χ2v) is 7.38. The highest BCUT2D eigenvalue weighted by molar-refractivity contribution is 9.10. The summed E-state index contributed by atoms with van der Waals surface area (Å²) in [4.78, 5) is 0. The molecule has 0 spiro atoms. The van der Waals surface area contributed by atoms with E-state index >= 15 is 0 Å². The zero-order valence-corrected chi connectivity index (χ0v) is 18.0. The number of hydrogen-bond donors (Lipinski definition) is 0. The van der Waals surface area contributed by atoms with Crippen molar-refractivity contribution >= 4 is 15.9 Å². The summed E-state index contributed by atoms with van der Waals surface area (Å²) in [7, 11) is 1.71. The summed E-state index contributed by atoms with van der Waals surface area (Å²) in [6.45, 7) is 1.08. The monoisotopic (exact) mass is 476 g/mol. The molecule has 0 fully saturated rings. The van der Waals surface area contributed by atoms with E-state index in [1.165, 1.54) is 42.0 Å². The molecule has 0 atom stereocenters. The van der Waals surface area contributed by atoms with Gasteiger partial charge in [0.15, 0.2) is 5.69 Å². The molecule has 0 radical (unpaired) electrons. The van der Waals surface area contributed by atoms with Crippen molar-refractivity contribution < 1.29 is 26.3 Å². The minimum atomic E-state index is 0. The lowest BCUT2D eigenvalue weighted by Crippen LogP contribution is -3.00. The molecule has 0 N–H and O–H groups in total. The van der Waals surface area contributed by atoms with Crippen LogP contribution in [0.2, 0.25) is 0 Å². The summed E-state index contributed by atoms with van der Waals surface area (Å²) in [5.41, 5.74) is 3.73. The van der Waals surface area contributed by atoms with E-state index in [9.17, 15) is 0 Å². The molecule has 1 aliphatic heterocycles. The van der Waals surface area contributed by atoms with Gasteiger partial charge in [0.25, 0.3) is 5.82 Å². The average Bonchev–Trinajstić information content (AvgIpc) is 2.84. The van der Waals surface area contributed by atoms with Crippen molar-refractivity contribution in [3.05, 3.63) is 65.0 Å². The van der Waals surface area contributed by atoms with E-state index in [0.717, 1.165) is 23.2 Å². The van der Waals surface area contributed by atoms with Gasteiger partial charge in [-0.25, -0.2) is 4.57 Å². The fourth-order valence-electron chi connectivity index (χ4n) is 3.59. The molecule has 0 saturated carbocycles. The highest BCUT2D eigenvalue weighted by atomic mass is 79.9. The summed E-state index contributed by atoms with van der Waals surface area (Å²) in [6.07, 6.45) is 7.19. The number of aromatic nitrogens is 2. The first-order valence-corrected chi connectivity index (χ1v) is 9.60. The van der Waals surface area contributed by atoms with Crippen LogP contribution in [-0.4, -0.2) is 11.7 Å². The van der Waals surface area contributed by atoms with Gasteiger partial charge in [-0.1, -0.05) is 15.9 Å². The molecular weight excluding hydrogens is 456 g/mol. The highest BCUT2D eigenvalue weighted by Crippen LogP contribution is 2.25. The van der Waals surface area contributed by atoms with Gasteiger partial charge < -0.3 is 21.7 Å². The summed E-state index contributed by atoms with van der Waals surface area (Å²) in [6, 6.07) is 16.9. The van der Waals surface area contributed by atoms with E-state index in [2.05, 4.69) is 67.7 Å². The van der Waals surface area contributed by atoms with Gasteiger partial charge in [-0.05, 0) is 67.8 Å². The van der Waals surface area contributed by atoms with Gasteiger partial charge in [-0.15, -0.1) is 0 Å². The van der Waals surface area contributed by atoms with Crippen LogP contribution in [0, 0.1) is 0 Å². The van der Waals surface area contributed by atoms with Crippen molar-refractivity contribution in [3.63, 3.8) is 0 Å². The molecule has 4 rings (SSSR count). The molecule has 0 aliphatic carbocycles. The first kappa shape index (κ1) is 19.2. The summed E-state index contributed by atoms with van der Waals surface area (Å²) >= 11 is 3.53. The standard InChI is InChI=1S/C21H22BrN2O.BrH/c1-25-19-12-6-16(7-13-19)20-15-24(18-10-8-17(22)9-11-18)21-5-3-2-4-14-23(20)21;/h6-13,15H,2-5,14H2,1H3;1H/q+1;/p-1. The van der Waals surface area contributed by atoms with Gasteiger partial charge in [0.05, 0.1) is 13.7 Å². The van der Waals surface area contributed by atoms with Crippen molar-refractivity contribution in [3.8, 4) is 22.7 Å². The first-order valence-electron chi connectivity index (χ1n) is 8.81. The summed E-state index contributed by atoms with van der Waals surface area (Å²) < 4.78 is 11.3. The SMILES string of the molecule is COc1ccc(-c2cn(-c3ccc(Br)cc3)c3[n+]2CCCCC3)cc1.[Br-]. The lowest BCUT2D eigenvalue weighted by atomic mass is 10.1. The molecule has 0 unspecified atom stereocenters. The second-order valence-electron chi connectivity index (χ2n) is 6.47. The lowest BCUT2D eigenvalue weighted by molar-refractivity contribution is -0.692. The molecule has 5 heteroatoms. The third-order valence-electron chi connectivity index (χ3n) is 4.90. The Labute approximate surface area is 173 Å². The van der Waals surface area contributed by atoms with Gasteiger partial charge in [0.1, 0.15) is 17.6 Å². The normalized spacial score (nSPS) is 13.5. The molecule has 0 bridgehead atoms. The fraction of sp³-hybridized carbons (Fsp3) is 0.286. The van der Waals surface area contributed by atoms with Crippen LogP contribution in [0.15, 0.2) is 59.2 Å². The zero-order chi connectivity index (χ0) is 17.2. The fourth-order valence-corrected chi connectivity index (χ4v) is 3.85. The van der Waals surface area contributed by atoms with E-state index in [4.69, 9.17) is 4.74 Å². The van der Waals surface area contributed by atoms with Crippen LogP contribution in [0.3, 0.4) is 0 Å². The molecule has 136 valence electrons.